The monoisotopic (exact) mass is 307 g/mol. The van der Waals surface area contributed by atoms with Gasteiger partial charge < -0.3 is 4.98 Å². The minimum Gasteiger partial charge on any atom is -0.311 e. The van der Waals surface area contributed by atoms with Gasteiger partial charge >= 0.3 is 0 Å². The molecule has 110 valence electrons. The van der Waals surface area contributed by atoms with Crippen molar-refractivity contribution in [3.8, 4) is 0 Å². The summed E-state index contributed by atoms with van der Waals surface area (Å²) >= 11 is 6.06. The molecule has 0 amide bonds. The highest BCUT2D eigenvalue weighted by atomic mass is 35.5. The van der Waals surface area contributed by atoms with Crippen LogP contribution in [-0.4, -0.2) is 21.4 Å². The molecule has 0 saturated carbocycles. The topological polar surface area (TPSA) is 49.0 Å². The van der Waals surface area contributed by atoms with Crippen molar-refractivity contribution in [1.29, 1.82) is 0 Å². The summed E-state index contributed by atoms with van der Waals surface area (Å²) in [5, 5.41) is 0.427. The highest BCUT2D eigenvalue weighted by molar-refractivity contribution is 6.31. The van der Waals surface area contributed by atoms with Crippen molar-refractivity contribution in [3.05, 3.63) is 62.0 Å². The van der Waals surface area contributed by atoms with Crippen molar-refractivity contribution in [2.75, 3.05) is 6.54 Å². The standard InChI is InChI=1S/C15H15ClFN3O/c1-9-18-14-8-20(5-4-12(14)15(21)19-9)7-10-2-3-11(17)6-13(10)16/h2-3,6H,4-5,7-8H2,1H3,(H,18,19,21). The molecule has 0 aliphatic carbocycles. The lowest BCUT2D eigenvalue weighted by Gasteiger charge is -2.27. The molecule has 0 atom stereocenters. The number of H-pyrrole nitrogens is 1. The number of halogens is 2. The molecule has 1 aromatic heterocycles. The predicted octanol–water partition coefficient (Wildman–Crippen LogP) is 2.43. The van der Waals surface area contributed by atoms with Gasteiger partial charge in [0.2, 0.25) is 0 Å². The molecular weight excluding hydrogens is 293 g/mol. The molecule has 0 spiro atoms. The molecule has 0 saturated heterocycles. The van der Waals surface area contributed by atoms with E-state index in [4.69, 9.17) is 11.6 Å². The number of aromatic amines is 1. The van der Waals surface area contributed by atoms with Gasteiger partial charge in [0.15, 0.2) is 0 Å². The van der Waals surface area contributed by atoms with Crippen molar-refractivity contribution in [3.63, 3.8) is 0 Å². The fourth-order valence-corrected chi connectivity index (χ4v) is 2.87. The first-order chi connectivity index (χ1) is 10.0. The Morgan fingerprint density at radius 3 is 3.05 bits per heavy atom. The Hall–Kier alpha value is -1.72. The van der Waals surface area contributed by atoms with Crippen molar-refractivity contribution in [1.82, 2.24) is 14.9 Å². The average Bonchev–Trinajstić information content (AvgIpc) is 2.41. The van der Waals surface area contributed by atoms with Gasteiger partial charge in [-0.15, -0.1) is 0 Å². The second-order valence-electron chi connectivity index (χ2n) is 5.27. The van der Waals surface area contributed by atoms with Crippen LogP contribution in [0.4, 0.5) is 4.39 Å². The molecule has 1 aliphatic rings. The van der Waals surface area contributed by atoms with Gasteiger partial charge in [-0.05, 0) is 31.0 Å². The van der Waals surface area contributed by atoms with E-state index in [0.29, 0.717) is 30.4 Å². The van der Waals surface area contributed by atoms with Crippen molar-refractivity contribution >= 4 is 11.6 Å². The molecule has 21 heavy (non-hydrogen) atoms. The lowest BCUT2D eigenvalue weighted by Crippen LogP contribution is -2.35. The zero-order valence-corrected chi connectivity index (χ0v) is 12.4. The minimum absolute atomic E-state index is 0.0445. The van der Waals surface area contributed by atoms with Gasteiger partial charge in [0.25, 0.3) is 5.56 Å². The summed E-state index contributed by atoms with van der Waals surface area (Å²) in [7, 11) is 0. The predicted molar refractivity (Wildman–Crippen MR) is 78.8 cm³/mol. The summed E-state index contributed by atoms with van der Waals surface area (Å²) in [6.07, 6.45) is 0.663. The lowest BCUT2D eigenvalue weighted by atomic mass is 10.1. The third-order valence-corrected chi connectivity index (χ3v) is 4.03. The van der Waals surface area contributed by atoms with Gasteiger partial charge in [-0.25, -0.2) is 9.37 Å². The van der Waals surface area contributed by atoms with E-state index in [9.17, 15) is 9.18 Å². The van der Waals surface area contributed by atoms with Crippen LogP contribution in [0.5, 0.6) is 0 Å². The van der Waals surface area contributed by atoms with Gasteiger partial charge in [-0.1, -0.05) is 17.7 Å². The molecule has 1 N–H and O–H groups in total. The number of aryl methyl sites for hydroxylation is 1. The number of nitrogens with one attached hydrogen (secondary N) is 1. The van der Waals surface area contributed by atoms with E-state index in [0.717, 1.165) is 23.4 Å². The average molecular weight is 308 g/mol. The molecule has 2 heterocycles. The highest BCUT2D eigenvalue weighted by Crippen LogP contribution is 2.22. The molecule has 2 aromatic rings. The molecule has 0 bridgehead atoms. The first kappa shape index (κ1) is 14.2. The number of fused-ring (bicyclic) bond motifs is 1. The van der Waals surface area contributed by atoms with Crippen LogP contribution in [0, 0.1) is 12.7 Å². The molecule has 1 aromatic carbocycles. The molecule has 0 fully saturated rings. The highest BCUT2D eigenvalue weighted by Gasteiger charge is 2.21. The maximum absolute atomic E-state index is 13.1. The summed E-state index contributed by atoms with van der Waals surface area (Å²) in [5.41, 5.74) is 2.42. The first-order valence-corrected chi connectivity index (χ1v) is 7.15. The van der Waals surface area contributed by atoms with E-state index in [-0.39, 0.29) is 11.4 Å². The Bertz CT molecular complexity index is 744. The largest absolute Gasteiger partial charge is 0.311 e. The smallest absolute Gasteiger partial charge is 0.254 e. The van der Waals surface area contributed by atoms with Crippen LogP contribution in [0.3, 0.4) is 0 Å². The number of nitrogens with zero attached hydrogens (tertiary/aromatic N) is 2. The summed E-state index contributed by atoms with van der Waals surface area (Å²) in [6, 6.07) is 4.43. The van der Waals surface area contributed by atoms with Crippen LogP contribution in [0.15, 0.2) is 23.0 Å². The maximum atomic E-state index is 13.1. The Kier molecular flexibility index (Phi) is 3.78. The van der Waals surface area contributed by atoms with Gasteiger partial charge in [0, 0.05) is 30.2 Å². The van der Waals surface area contributed by atoms with E-state index in [1.54, 1.807) is 13.0 Å². The Labute approximate surface area is 126 Å². The molecule has 3 rings (SSSR count). The number of hydrogen-bond acceptors (Lipinski definition) is 3. The van der Waals surface area contributed by atoms with Crippen LogP contribution in [0.2, 0.25) is 5.02 Å². The summed E-state index contributed by atoms with van der Waals surface area (Å²) in [6.45, 7) is 3.76. The van der Waals surface area contributed by atoms with Gasteiger partial charge in [-0.2, -0.15) is 0 Å². The number of aromatic nitrogens is 2. The normalized spacial score (nSPS) is 15.0. The molecule has 0 radical (unpaired) electrons. The van der Waals surface area contributed by atoms with Gasteiger partial charge in [0.1, 0.15) is 11.6 Å². The molecule has 1 aliphatic heterocycles. The van der Waals surface area contributed by atoms with Crippen LogP contribution in [0.1, 0.15) is 22.6 Å². The Balaban J connectivity index is 1.82. The van der Waals surface area contributed by atoms with Crippen LogP contribution in [0.25, 0.3) is 0 Å². The fraction of sp³-hybridized carbons (Fsp3) is 0.333. The van der Waals surface area contributed by atoms with Crippen LogP contribution >= 0.6 is 11.6 Å². The van der Waals surface area contributed by atoms with E-state index in [1.165, 1.54) is 12.1 Å². The summed E-state index contributed by atoms with van der Waals surface area (Å²) in [5.74, 6) is 0.289. The first-order valence-electron chi connectivity index (χ1n) is 6.78. The Morgan fingerprint density at radius 2 is 2.29 bits per heavy atom. The molecule has 0 unspecified atom stereocenters. The SMILES string of the molecule is Cc1nc2c(c(=O)[nH]1)CCN(Cc1ccc(F)cc1Cl)C2. The molecule has 6 heteroatoms. The van der Waals surface area contributed by atoms with Crippen molar-refractivity contribution in [2.24, 2.45) is 0 Å². The summed E-state index contributed by atoms with van der Waals surface area (Å²) in [4.78, 5) is 21.2. The van der Waals surface area contributed by atoms with Crippen LogP contribution < -0.4 is 5.56 Å². The number of benzene rings is 1. The third-order valence-electron chi connectivity index (χ3n) is 3.68. The van der Waals surface area contributed by atoms with E-state index >= 15 is 0 Å². The second kappa shape index (κ2) is 5.58. The maximum Gasteiger partial charge on any atom is 0.254 e. The minimum atomic E-state index is -0.337. The zero-order chi connectivity index (χ0) is 15.0. The fourth-order valence-electron chi connectivity index (χ4n) is 2.64. The lowest BCUT2D eigenvalue weighted by molar-refractivity contribution is 0.240. The molecule has 4 nitrogen and oxygen atoms in total. The van der Waals surface area contributed by atoms with E-state index in [1.807, 2.05) is 0 Å². The van der Waals surface area contributed by atoms with Gasteiger partial charge in [-0.3, -0.25) is 9.69 Å². The quantitative estimate of drug-likeness (QED) is 0.927. The molecular formula is C15H15ClFN3O. The zero-order valence-electron chi connectivity index (χ0n) is 11.6. The van der Waals surface area contributed by atoms with Crippen molar-refractivity contribution < 1.29 is 4.39 Å². The van der Waals surface area contributed by atoms with E-state index < -0.39 is 0 Å². The second-order valence-corrected chi connectivity index (χ2v) is 5.68. The van der Waals surface area contributed by atoms with Gasteiger partial charge in [0.05, 0.1) is 5.69 Å². The summed E-state index contributed by atoms with van der Waals surface area (Å²) < 4.78 is 13.1. The van der Waals surface area contributed by atoms with Crippen molar-refractivity contribution in [2.45, 2.75) is 26.4 Å². The number of rotatable bonds is 2. The van der Waals surface area contributed by atoms with Crippen LogP contribution in [-0.2, 0) is 19.5 Å². The third kappa shape index (κ3) is 2.99. The van der Waals surface area contributed by atoms with E-state index in [2.05, 4.69) is 14.9 Å². The Morgan fingerprint density at radius 1 is 1.48 bits per heavy atom. The number of hydrogen-bond donors (Lipinski definition) is 1.